The first-order valence-corrected chi connectivity index (χ1v) is 14.3. The molecule has 3 heterocycles. The maximum atomic E-state index is 14.0. The number of furan rings is 1. The molecule has 0 amide bonds. The number of aromatic nitrogens is 1. The van der Waals surface area contributed by atoms with Crippen molar-refractivity contribution in [3.8, 4) is 17.1 Å². The van der Waals surface area contributed by atoms with Crippen molar-refractivity contribution in [2.45, 2.75) is 25.8 Å². The van der Waals surface area contributed by atoms with Crippen LogP contribution in [0.25, 0.3) is 23.1 Å². The van der Waals surface area contributed by atoms with E-state index in [1.54, 1.807) is 7.11 Å². The number of fused-ring (bicyclic) bond motifs is 3. The van der Waals surface area contributed by atoms with Gasteiger partial charge in [-0.15, -0.1) is 0 Å². The van der Waals surface area contributed by atoms with Gasteiger partial charge in [-0.1, -0.05) is 65.4 Å². The second-order valence-electron chi connectivity index (χ2n) is 10.1. The SMILES string of the molecule is COc1cccc([C@@H]2C3=C(N=c4s/c(=C/c5ccc(-c6cc(Cl)ccc6C)o5)c(=O)n42)c2ccccc2CC3)c1. The van der Waals surface area contributed by atoms with E-state index in [2.05, 4.69) is 30.3 Å². The summed E-state index contributed by atoms with van der Waals surface area (Å²) in [5, 5.41) is 0.648. The fraction of sp³-hybridized carbons (Fsp3) is 0.152. The summed E-state index contributed by atoms with van der Waals surface area (Å²) in [6.07, 6.45) is 3.56. The Morgan fingerprint density at radius 1 is 1.02 bits per heavy atom. The Balaban J connectivity index is 1.41. The van der Waals surface area contributed by atoms with Crippen molar-refractivity contribution >= 4 is 34.7 Å². The van der Waals surface area contributed by atoms with Gasteiger partial charge in [0.25, 0.3) is 5.56 Å². The van der Waals surface area contributed by atoms with Gasteiger partial charge < -0.3 is 9.15 Å². The molecule has 0 N–H and O–H groups in total. The van der Waals surface area contributed by atoms with E-state index in [-0.39, 0.29) is 11.6 Å². The molecule has 1 aliphatic carbocycles. The van der Waals surface area contributed by atoms with E-state index in [1.807, 2.05) is 66.1 Å². The maximum Gasteiger partial charge on any atom is 0.271 e. The number of benzene rings is 3. The molecule has 0 spiro atoms. The second-order valence-corrected chi connectivity index (χ2v) is 11.5. The van der Waals surface area contributed by atoms with Gasteiger partial charge in [-0.2, -0.15) is 0 Å². The highest BCUT2D eigenvalue weighted by atomic mass is 35.5. The topological polar surface area (TPSA) is 56.7 Å². The van der Waals surface area contributed by atoms with Crippen molar-refractivity contribution in [2.75, 3.05) is 7.11 Å². The largest absolute Gasteiger partial charge is 0.497 e. The van der Waals surface area contributed by atoms with Crippen molar-refractivity contribution in [1.82, 2.24) is 4.57 Å². The minimum absolute atomic E-state index is 0.0844. The van der Waals surface area contributed by atoms with Crippen LogP contribution in [0.5, 0.6) is 5.75 Å². The molecular formula is C33H25ClN2O3S. The number of ether oxygens (including phenoxy) is 1. The normalized spacial score (nSPS) is 16.3. The summed E-state index contributed by atoms with van der Waals surface area (Å²) in [6.45, 7) is 2.02. The molecule has 0 radical (unpaired) electrons. The highest BCUT2D eigenvalue weighted by Crippen LogP contribution is 2.41. The van der Waals surface area contributed by atoms with Gasteiger partial charge in [0.05, 0.1) is 23.4 Å². The minimum Gasteiger partial charge on any atom is -0.497 e. The van der Waals surface area contributed by atoms with E-state index in [4.69, 9.17) is 25.7 Å². The zero-order chi connectivity index (χ0) is 27.4. The first kappa shape index (κ1) is 24.9. The molecule has 3 aromatic carbocycles. The van der Waals surface area contributed by atoms with Gasteiger partial charge in [0.2, 0.25) is 0 Å². The maximum absolute atomic E-state index is 14.0. The molecule has 2 aromatic heterocycles. The molecule has 0 saturated carbocycles. The van der Waals surface area contributed by atoms with Gasteiger partial charge in [-0.3, -0.25) is 9.36 Å². The molecule has 198 valence electrons. The standard InChI is InChI=1S/C33H25ClN2O3S/c1-19-10-12-22(34)17-27(19)28-15-13-24(39-28)18-29-32(37)36-31(21-7-5-8-23(16-21)38-2)26-14-11-20-6-3-4-9-25(20)30(26)35-33(36)40-29/h3-10,12-13,15-18,31H,11,14H2,1-2H3/b29-18+/t31-/m1/s1. The highest BCUT2D eigenvalue weighted by Gasteiger charge is 2.32. The Labute approximate surface area is 240 Å². The van der Waals surface area contributed by atoms with E-state index in [0.717, 1.165) is 52.1 Å². The summed E-state index contributed by atoms with van der Waals surface area (Å²) in [5.41, 5.74) is 7.47. The molecule has 0 fully saturated rings. The molecule has 7 rings (SSSR count). The summed E-state index contributed by atoms with van der Waals surface area (Å²) >= 11 is 7.62. The van der Waals surface area contributed by atoms with Crippen molar-refractivity contribution in [1.29, 1.82) is 0 Å². The van der Waals surface area contributed by atoms with Crippen LogP contribution in [-0.2, 0) is 6.42 Å². The number of allylic oxidation sites excluding steroid dienone is 1. The van der Waals surface area contributed by atoms with Gasteiger partial charge >= 0.3 is 0 Å². The number of methoxy groups -OCH3 is 1. The van der Waals surface area contributed by atoms with E-state index in [9.17, 15) is 4.79 Å². The molecule has 5 aromatic rings. The van der Waals surface area contributed by atoms with Crippen LogP contribution in [0.3, 0.4) is 0 Å². The summed E-state index contributed by atoms with van der Waals surface area (Å²) in [4.78, 5) is 19.8. The molecular weight excluding hydrogens is 540 g/mol. The monoisotopic (exact) mass is 564 g/mol. The lowest BCUT2D eigenvalue weighted by Crippen LogP contribution is -2.38. The Bertz CT molecular complexity index is 2010. The third-order valence-electron chi connectivity index (χ3n) is 7.65. The van der Waals surface area contributed by atoms with E-state index < -0.39 is 0 Å². The van der Waals surface area contributed by atoms with Crippen molar-refractivity contribution in [3.63, 3.8) is 0 Å². The van der Waals surface area contributed by atoms with E-state index in [1.165, 1.54) is 16.9 Å². The molecule has 7 heteroatoms. The van der Waals surface area contributed by atoms with Crippen LogP contribution in [0.1, 0.15) is 40.5 Å². The first-order valence-electron chi connectivity index (χ1n) is 13.1. The number of hydrogen-bond donors (Lipinski definition) is 0. The zero-order valence-electron chi connectivity index (χ0n) is 22.0. The Morgan fingerprint density at radius 3 is 2.77 bits per heavy atom. The van der Waals surface area contributed by atoms with Crippen molar-refractivity contribution in [2.24, 2.45) is 4.99 Å². The van der Waals surface area contributed by atoms with Gasteiger partial charge in [-0.05, 0) is 78.4 Å². The summed E-state index contributed by atoms with van der Waals surface area (Å²) < 4.78 is 14.1. The predicted molar refractivity (Wildman–Crippen MR) is 160 cm³/mol. The summed E-state index contributed by atoms with van der Waals surface area (Å²) in [7, 11) is 1.66. The van der Waals surface area contributed by atoms with Crippen LogP contribution < -0.4 is 19.6 Å². The van der Waals surface area contributed by atoms with Crippen LogP contribution in [0.4, 0.5) is 0 Å². The minimum atomic E-state index is -0.266. The number of halogens is 1. The predicted octanol–water partition coefficient (Wildman–Crippen LogP) is 6.55. The number of hydrogen-bond acceptors (Lipinski definition) is 5. The lowest BCUT2D eigenvalue weighted by Gasteiger charge is -2.31. The number of aryl methyl sites for hydroxylation is 2. The number of nitrogens with zero attached hydrogens (tertiary/aromatic N) is 2. The second kappa shape index (κ2) is 9.81. The average molecular weight is 565 g/mol. The Hall–Kier alpha value is -4.13. The van der Waals surface area contributed by atoms with Crippen molar-refractivity contribution < 1.29 is 9.15 Å². The molecule has 2 aliphatic rings. The summed E-state index contributed by atoms with van der Waals surface area (Å²) in [6, 6.07) is 25.7. The Morgan fingerprint density at radius 2 is 1.90 bits per heavy atom. The van der Waals surface area contributed by atoms with Gasteiger partial charge in [0.1, 0.15) is 17.3 Å². The first-order chi connectivity index (χ1) is 19.5. The van der Waals surface area contributed by atoms with Gasteiger partial charge in [-0.25, -0.2) is 4.99 Å². The third-order valence-corrected chi connectivity index (χ3v) is 8.87. The smallest absolute Gasteiger partial charge is 0.271 e. The average Bonchev–Trinajstić information content (AvgIpc) is 3.57. The molecule has 1 atom stereocenters. The molecule has 0 saturated heterocycles. The van der Waals surface area contributed by atoms with Crippen LogP contribution in [-0.4, -0.2) is 11.7 Å². The van der Waals surface area contributed by atoms with E-state index >= 15 is 0 Å². The van der Waals surface area contributed by atoms with Crippen LogP contribution in [0.15, 0.2) is 98.6 Å². The van der Waals surface area contributed by atoms with Gasteiger partial charge in [0, 0.05) is 22.2 Å². The van der Waals surface area contributed by atoms with Gasteiger partial charge in [0.15, 0.2) is 4.80 Å². The lowest BCUT2D eigenvalue weighted by molar-refractivity contribution is 0.413. The lowest BCUT2D eigenvalue weighted by atomic mass is 9.83. The summed E-state index contributed by atoms with van der Waals surface area (Å²) in [5.74, 6) is 2.07. The third kappa shape index (κ3) is 4.15. The fourth-order valence-corrected chi connectivity index (χ4v) is 6.85. The molecule has 0 unspecified atom stereocenters. The molecule has 5 nitrogen and oxygen atoms in total. The molecule has 0 bridgehead atoms. The van der Waals surface area contributed by atoms with Crippen molar-refractivity contribution in [3.05, 3.63) is 137 Å². The van der Waals surface area contributed by atoms with Crippen LogP contribution in [0.2, 0.25) is 5.02 Å². The highest BCUT2D eigenvalue weighted by molar-refractivity contribution is 7.07. The van der Waals surface area contributed by atoms with Crippen LogP contribution in [0, 0.1) is 6.92 Å². The number of rotatable bonds is 4. The number of thiazole rings is 1. The molecule has 1 aliphatic heterocycles. The quantitative estimate of drug-likeness (QED) is 0.249. The van der Waals surface area contributed by atoms with E-state index in [0.29, 0.717) is 25.9 Å². The fourth-order valence-electron chi connectivity index (χ4n) is 5.70. The Kier molecular flexibility index (Phi) is 6.10. The zero-order valence-corrected chi connectivity index (χ0v) is 23.6. The molecule has 40 heavy (non-hydrogen) atoms. The van der Waals surface area contributed by atoms with Crippen LogP contribution >= 0.6 is 22.9 Å².